The van der Waals surface area contributed by atoms with Gasteiger partial charge in [0.15, 0.2) is 0 Å². The highest BCUT2D eigenvalue weighted by atomic mass is 16.1. The number of rotatable bonds is 1. The Kier molecular flexibility index (Phi) is 2.07. The summed E-state index contributed by atoms with van der Waals surface area (Å²) in [6.07, 6.45) is 0.476. The van der Waals surface area contributed by atoms with Crippen LogP contribution in [0.15, 0.2) is 18.2 Å². The largest absolute Gasteiger partial charge is 0.369 e. The third-order valence-corrected chi connectivity index (χ3v) is 3.27. The first-order valence-corrected chi connectivity index (χ1v) is 5.66. The summed E-state index contributed by atoms with van der Waals surface area (Å²) in [5.41, 5.74) is 8.99. The second-order valence-corrected chi connectivity index (χ2v) is 4.44. The summed E-state index contributed by atoms with van der Waals surface area (Å²) in [5.74, 6) is 0.555. The van der Waals surface area contributed by atoms with Gasteiger partial charge in [-0.3, -0.25) is 4.79 Å². The molecule has 2 aromatic rings. The molecule has 1 unspecified atom stereocenters. The van der Waals surface area contributed by atoms with Gasteiger partial charge < -0.3 is 15.6 Å². The maximum atomic E-state index is 11.3. The first-order chi connectivity index (χ1) is 8.16. The Morgan fingerprint density at radius 3 is 3.06 bits per heavy atom. The van der Waals surface area contributed by atoms with Gasteiger partial charge in [0.05, 0.1) is 17.1 Å². The summed E-state index contributed by atoms with van der Waals surface area (Å²) < 4.78 is 1.96. The Labute approximate surface area is 98.6 Å². The van der Waals surface area contributed by atoms with Crippen LogP contribution in [0.25, 0.3) is 11.0 Å². The first kappa shape index (κ1) is 10.1. The van der Waals surface area contributed by atoms with Crippen molar-refractivity contribution in [2.24, 2.45) is 0 Å². The molecular weight excluding hydrogens is 216 g/mol. The minimum atomic E-state index is 0.0731. The van der Waals surface area contributed by atoms with E-state index in [9.17, 15) is 4.79 Å². The van der Waals surface area contributed by atoms with Crippen LogP contribution in [0.5, 0.6) is 0 Å². The molecule has 1 amide bonds. The predicted octanol–water partition coefficient (Wildman–Crippen LogP) is 0.988. The highest BCUT2D eigenvalue weighted by molar-refractivity contribution is 5.83. The molecule has 1 aromatic carbocycles. The average molecular weight is 230 g/mol. The quantitative estimate of drug-likeness (QED) is 0.767. The molecule has 1 atom stereocenters. The van der Waals surface area contributed by atoms with E-state index in [0.29, 0.717) is 18.9 Å². The number of fused-ring (bicyclic) bond motifs is 1. The van der Waals surface area contributed by atoms with Gasteiger partial charge in [0, 0.05) is 13.0 Å². The third-order valence-electron chi connectivity index (χ3n) is 3.27. The fourth-order valence-electron chi connectivity index (χ4n) is 2.43. The molecule has 0 aliphatic carbocycles. The number of benzene rings is 1. The molecule has 17 heavy (non-hydrogen) atoms. The number of nitrogens with two attached hydrogens (primary N) is 1. The van der Waals surface area contributed by atoms with Crippen molar-refractivity contribution >= 4 is 22.9 Å². The lowest BCUT2D eigenvalue weighted by molar-refractivity contribution is -0.119. The van der Waals surface area contributed by atoms with Gasteiger partial charge in [-0.15, -0.1) is 0 Å². The minimum Gasteiger partial charge on any atom is -0.369 e. The van der Waals surface area contributed by atoms with Crippen molar-refractivity contribution in [3.05, 3.63) is 23.8 Å². The number of nitrogens with zero attached hydrogens (tertiary/aromatic N) is 2. The lowest BCUT2D eigenvalue weighted by Gasteiger charge is -2.12. The van der Waals surface area contributed by atoms with E-state index < -0.39 is 0 Å². The van der Waals surface area contributed by atoms with E-state index in [4.69, 9.17) is 5.73 Å². The van der Waals surface area contributed by atoms with Gasteiger partial charge in [-0.2, -0.15) is 0 Å². The van der Waals surface area contributed by atoms with Crippen LogP contribution < -0.4 is 11.1 Å². The monoisotopic (exact) mass is 230 g/mol. The number of imidazole rings is 1. The van der Waals surface area contributed by atoms with Crippen molar-refractivity contribution in [1.82, 2.24) is 14.9 Å². The number of amides is 1. The van der Waals surface area contributed by atoms with Crippen LogP contribution in [-0.4, -0.2) is 22.0 Å². The van der Waals surface area contributed by atoms with Crippen molar-refractivity contribution in [2.75, 3.05) is 12.3 Å². The minimum absolute atomic E-state index is 0.0731. The molecule has 3 rings (SSSR count). The molecule has 0 saturated carbocycles. The summed E-state index contributed by atoms with van der Waals surface area (Å²) >= 11 is 0. The van der Waals surface area contributed by atoms with Gasteiger partial charge in [-0.1, -0.05) is 12.1 Å². The SMILES string of the molecule is Cc1cccc2c1nc(N)n2C1CNC(=O)C1. The highest BCUT2D eigenvalue weighted by Crippen LogP contribution is 2.27. The van der Waals surface area contributed by atoms with E-state index in [0.717, 1.165) is 16.6 Å². The van der Waals surface area contributed by atoms with Gasteiger partial charge in [0.25, 0.3) is 0 Å². The molecule has 0 bridgehead atoms. The number of carbonyl (C=O) groups excluding carboxylic acids is 1. The summed E-state index contributed by atoms with van der Waals surface area (Å²) in [6.45, 7) is 2.64. The van der Waals surface area contributed by atoms with E-state index in [1.54, 1.807) is 0 Å². The van der Waals surface area contributed by atoms with Crippen molar-refractivity contribution in [2.45, 2.75) is 19.4 Å². The summed E-state index contributed by atoms with van der Waals surface area (Å²) in [7, 11) is 0. The fraction of sp³-hybridized carbons (Fsp3) is 0.333. The zero-order valence-corrected chi connectivity index (χ0v) is 9.60. The van der Waals surface area contributed by atoms with Crippen LogP contribution in [-0.2, 0) is 4.79 Å². The van der Waals surface area contributed by atoms with Crippen LogP contribution in [0.3, 0.4) is 0 Å². The van der Waals surface area contributed by atoms with E-state index in [1.807, 2.05) is 29.7 Å². The van der Waals surface area contributed by atoms with Crippen LogP contribution in [0.1, 0.15) is 18.0 Å². The number of para-hydroxylation sites is 1. The zero-order valence-electron chi connectivity index (χ0n) is 9.60. The Hall–Kier alpha value is -2.04. The Balaban J connectivity index is 2.19. The predicted molar refractivity (Wildman–Crippen MR) is 65.5 cm³/mol. The number of nitrogen functional groups attached to an aromatic ring is 1. The first-order valence-electron chi connectivity index (χ1n) is 5.66. The standard InChI is InChI=1S/C12H14N4O/c1-7-3-2-4-9-11(7)15-12(13)16(9)8-5-10(17)14-6-8/h2-4,8H,5-6H2,1H3,(H2,13,15)(H,14,17). The zero-order chi connectivity index (χ0) is 12.0. The lowest BCUT2D eigenvalue weighted by Crippen LogP contribution is -2.16. The van der Waals surface area contributed by atoms with Gasteiger partial charge in [0.1, 0.15) is 0 Å². The molecule has 1 saturated heterocycles. The van der Waals surface area contributed by atoms with E-state index >= 15 is 0 Å². The average Bonchev–Trinajstić information content (AvgIpc) is 2.82. The summed E-state index contributed by atoms with van der Waals surface area (Å²) in [5, 5.41) is 2.82. The molecule has 1 fully saturated rings. The van der Waals surface area contributed by atoms with Crippen LogP contribution in [0.2, 0.25) is 0 Å². The molecule has 1 aliphatic heterocycles. The normalized spacial score (nSPS) is 19.8. The second-order valence-electron chi connectivity index (χ2n) is 4.44. The molecule has 5 nitrogen and oxygen atoms in total. The molecule has 0 spiro atoms. The second kappa shape index (κ2) is 3.48. The van der Waals surface area contributed by atoms with Crippen molar-refractivity contribution in [1.29, 1.82) is 0 Å². The Morgan fingerprint density at radius 1 is 1.53 bits per heavy atom. The number of nitrogens with one attached hydrogen (secondary N) is 1. The number of hydrogen-bond acceptors (Lipinski definition) is 3. The number of aryl methyl sites for hydroxylation is 1. The van der Waals surface area contributed by atoms with Crippen molar-refractivity contribution in [3.8, 4) is 0 Å². The Bertz CT molecular complexity index is 602. The topological polar surface area (TPSA) is 72.9 Å². The molecule has 5 heteroatoms. The van der Waals surface area contributed by atoms with Crippen LogP contribution in [0.4, 0.5) is 5.95 Å². The van der Waals surface area contributed by atoms with Gasteiger partial charge >= 0.3 is 0 Å². The summed E-state index contributed by atoms with van der Waals surface area (Å²) in [4.78, 5) is 15.7. The van der Waals surface area contributed by atoms with Crippen LogP contribution >= 0.6 is 0 Å². The van der Waals surface area contributed by atoms with E-state index in [2.05, 4.69) is 10.3 Å². The van der Waals surface area contributed by atoms with E-state index in [1.165, 1.54) is 0 Å². The summed E-state index contributed by atoms with van der Waals surface area (Å²) in [6, 6.07) is 6.07. The number of anilines is 1. The maximum Gasteiger partial charge on any atom is 0.222 e. The van der Waals surface area contributed by atoms with Crippen LogP contribution in [0, 0.1) is 6.92 Å². The molecule has 1 aromatic heterocycles. The third kappa shape index (κ3) is 1.46. The van der Waals surface area contributed by atoms with E-state index in [-0.39, 0.29) is 11.9 Å². The van der Waals surface area contributed by atoms with Gasteiger partial charge in [0.2, 0.25) is 11.9 Å². The Morgan fingerprint density at radius 2 is 2.35 bits per heavy atom. The lowest BCUT2D eigenvalue weighted by atomic mass is 10.2. The maximum absolute atomic E-state index is 11.3. The van der Waals surface area contributed by atoms with Gasteiger partial charge in [-0.05, 0) is 18.6 Å². The molecule has 88 valence electrons. The molecule has 1 aliphatic rings. The smallest absolute Gasteiger partial charge is 0.222 e. The number of hydrogen-bond donors (Lipinski definition) is 2. The molecular formula is C12H14N4O. The highest BCUT2D eigenvalue weighted by Gasteiger charge is 2.26. The van der Waals surface area contributed by atoms with Crippen molar-refractivity contribution in [3.63, 3.8) is 0 Å². The fourth-order valence-corrected chi connectivity index (χ4v) is 2.43. The van der Waals surface area contributed by atoms with Crippen molar-refractivity contribution < 1.29 is 4.79 Å². The molecule has 3 N–H and O–H groups in total. The van der Waals surface area contributed by atoms with Gasteiger partial charge in [-0.25, -0.2) is 4.98 Å². The molecule has 0 radical (unpaired) electrons. The molecule has 2 heterocycles. The number of aromatic nitrogens is 2. The number of carbonyl (C=O) groups is 1.